The van der Waals surface area contributed by atoms with E-state index in [2.05, 4.69) is 5.32 Å². The molecule has 6 heteroatoms. The predicted molar refractivity (Wildman–Crippen MR) is 105 cm³/mol. The minimum atomic E-state index is -0.776. The number of nitrogens with one attached hydrogen (secondary N) is 1. The van der Waals surface area contributed by atoms with Crippen LogP contribution in [0.5, 0.6) is 0 Å². The Morgan fingerprint density at radius 2 is 1.62 bits per heavy atom. The van der Waals surface area contributed by atoms with Crippen molar-refractivity contribution in [2.24, 2.45) is 5.73 Å². The van der Waals surface area contributed by atoms with Gasteiger partial charge in [0.1, 0.15) is 12.1 Å². The number of hydrogen-bond acceptors (Lipinski definition) is 3. The fourth-order valence-corrected chi connectivity index (χ4v) is 2.98. The quantitative estimate of drug-likeness (QED) is 0.865. The van der Waals surface area contributed by atoms with Crippen molar-refractivity contribution in [2.75, 3.05) is 11.4 Å². The fraction of sp³-hybridized carbons (Fsp3) is 0.300. The smallest absolute Gasteiger partial charge is 0.249 e. The van der Waals surface area contributed by atoms with Crippen molar-refractivity contribution in [1.82, 2.24) is 5.32 Å². The van der Waals surface area contributed by atoms with Gasteiger partial charge in [-0.25, -0.2) is 0 Å². The van der Waals surface area contributed by atoms with Crippen LogP contribution in [0.25, 0.3) is 0 Å². The first-order valence-electron chi connectivity index (χ1n) is 8.46. The number of rotatable bonds is 4. The first-order valence-corrected chi connectivity index (χ1v) is 8.46. The summed E-state index contributed by atoms with van der Waals surface area (Å²) in [6, 6.07) is 14.0. The summed E-state index contributed by atoms with van der Waals surface area (Å²) in [6.07, 6.45) is 0.582. The largest absolute Gasteiger partial charge is 0.343 e. The number of amides is 2. The van der Waals surface area contributed by atoms with Crippen LogP contribution in [0.15, 0.2) is 48.5 Å². The van der Waals surface area contributed by atoms with Gasteiger partial charge in [0.15, 0.2) is 0 Å². The third-order valence-electron chi connectivity index (χ3n) is 4.59. The van der Waals surface area contributed by atoms with Crippen LogP contribution in [0, 0.1) is 13.8 Å². The van der Waals surface area contributed by atoms with E-state index in [4.69, 9.17) is 5.73 Å². The summed E-state index contributed by atoms with van der Waals surface area (Å²) in [5, 5.41) is 2.80. The van der Waals surface area contributed by atoms with Gasteiger partial charge in [-0.3, -0.25) is 9.59 Å². The van der Waals surface area contributed by atoms with E-state index in [1.54, 1.807) is 4.90 Å². The molecule has 138 valence electrons. The van der Waals surface area contributed by atoms with Gasteiger partial charge in [0.05, 0.1) is 0 Å². The van der Waals surface area contributed by atoms with Crippen molar-refractivity contribution in [3.05, 3.63) is 65.2 Å². The summed E-state index contributed by atoms with van der Waals surface area (Å²) in [6.45, 7) is 4.57. The molecule has 2 aromatic rings. The lowest BCUT2D eigenvalue weighted by Gasteiger charge is -2.19. The Bertz CT molecular complexity index is 775. The number of halogens is 1. The Labute approximate surface area is 160 Å². The normalized spacial score (nSPS) is 17.6. The molecule has 1 heterocycles. The van der Waals surface area contributed by atoms with Crippen LogP contribution in [-0.4, -0.2) is 24.4 Å². The highest BCUT2D eigenvalue weighted by molar-refractivity contribution is 6.01. The lowest BCUT2D eigenvalue weighted by atomic mass is 10.0. The Balaban J connectivity index is 0.00000243. The van der Waals surface area contributed by atoms with E-state index in [1.807, 2.05) is 62.4 Å². The molecule has 0 aromatic heterocycles. The van der Waals surface area contributed by atoms with Gasteiger partial charge in [-0.1, -0.05) is 47.5 Å². The molecule has 0 bridgehead atoms. The van der Waals surface area contributed by atoms with Gasteiger partial charge >= 0.3 is 0 Å². The Morgan fingerprint density at radius 1 is 1.08 bits per heavy atom. The maximum Gasteiger partial charge on any atom is 0.249 e. The molecule has 1 aliphatic heterocycles. The zero-order chi connectivity index (χ0) is 18.0. The predicted octanol–water partition coefficient (Wildman–Crippen LogP) is 2.65. The van der Waals surface area contributed by atoms with Crippen LogP contribution in [0.2, 0.25) is 0 Å². The second-order valence-electron chi connectivity index (χ2n) is 6.56. The molecule has 2 atom stereocenters. The molecule has 3 rings (SSSR count). The molecule has 5 nitrogen and oxygen atoms in total. The van der Waals surface area contributed by atoms with Crippen molar-refractivity contribution in [3.8, 4) is 0 Å². The molecule has 2 amide bonds. The second-order valence-corrected chi connectivity index (χ2v) is 6.56. The first-order chi connectivity index (χ1) is 12.0. The summed E-state index contributed by atoms with van der Waals surface area (Å²) < 4.78 is 0. The summed E-state index contributed by atoms with van der Waals surface area (Å²) in [5.41, 5.74) is 9.88. The van der Waals surface area contributed by atoms with Crippen molar-refractivity contribution < 1.29 is 9.59 Å². The SMILES string of the molecule is Cc1ccc(C(N)C(=O)NC2CCN(c3ccc(C)cc3)C2=O)cc1.Cl. The van der Waals surface area contributed by atoms with E-state index in [1.165, 1.54) is 0 Å². The zero-order valence-corrected chi connectivity index (χ0v) is 15.8. The Kier molecular flexibility index (Phi) is 6.40. The number of anilines is 1. The number of benzene rings is 2. The van der Waals surface area contributed by atoms with Crippen LogP contribution in [0.3, 0.4) is 0 Å². The molecule has 0 saturated carbocycles. The average molecular weight is 374 g/mol. The molecule has 1 saturated heterocycles. The zero-order valence-electron chi connectivity index (χ0n) is 14.9. The van der Waals surface area contributed by atoms with E-state index in [9.17, 15) is 9.59 Å². The van der Waals surface area contributed by atoms with Crippen molar-refractivity contribution >= 4 is 29.9 Å². The fourth-order valence-electron chi connectivity index (χ4n) is 2.98. The van der Waals surface area contributed by atoms with E-state index < -0.39 is 12.1 Å². The molecule has 0 spiro atoms. The van der Waals surface area contributed by atoms with Gasteiger partial charge in [0.2, 0.25) is 11.8 Å². The highest BCUT2D eigenvalue weighted by atomic mass is 35.5. The van der Waals surface area contributed by atoms with E-state index in [-0.39, 0.29) is 24.2 Å². The number of hydrogen-bond donors (Lipinski definition) is 2. The molecule has 0 radical (unpaired) electrons. The molecule has 1 fully saturated rings. The van der Waals surface area contributed by atoms with Gasteiger partial charge in [-0.15, -0.1) is 12.4 Å². The maximum atomic E-state index is 12.6. The molecule has 2 aromatic carbocycles. The monoisotopic (exact) mass is 373 g/mol. The molecular formula is C20H24ClN3O2. The lowest BCUT2D eigenvalue weighted by molar-refractivity contribution is -0.127. The molecule has 26 heavy (non-hydrogen) atoms. The van der Waals surface area contributed by atoms with E-state index >= 15 is 0 Å². The van der Waals surface area contributed by atoms with Crippen LogP contribution in [-0.2, 0) is 9.59 Å². The summed E-state index contributed by atoms with van der Waals surface area (Å²) in [7, 11) is 0. The molecule has 2 unspecified atom stereocenters. The molecule has 1 aliphatic rings. The maximum absolute atomic E-state index is 12.6. The molecule has 3 N–H and O–H groups in total. The van der Waals surface area contributed by atoms with Crippen LogP contribution in [0.1, 0.15) is 29.2 Å². The minimum Gasteiger partial charge on any atom is -0.343 e. The highest BCUT2D eigenvalue weighted by Crippen LogP contribution is 2.22. The Morgan fingerprint density at radius 3 is 2.19 bits per heavy atom. The summed E-state index contributed by atoms with van der Waals surface area (Å²) >= 11 is 0. The summed E-state index contributed by atoms with van der Waals surface area (Å²) in [5.74, 6) is -0.415. The number of aryl methyl sites for hydroxylation is 2. The summed E-state index contributed by atoms with van der Waals surface area (Å²) in [4.78, 5) is 26.7. The van der Waals surface area contributed by atoms with Gasteiger partial charge in [0.25, 0.3) is 0 Å². The lowest BCUT2D eigenvalue weighted by Crippen LogP contribution is -2.45. The van der Waals surface area contributed by atoms with E-state index in [0.717, 1.165) is 22.4 Å². The van der Waals surface area contributed by atoms with Crippen LogP contribution < -0.4 is 16.0 Å². The average Bonchev–Trinajstić information content (AvgIpc) is 2.96. The molecule has 0 aliphatic carbocycles. The van der Waals surface area contributed by atoms with Crippen molar-refractivity contribution in [2.45, 2.75) is 32.4 Å². The third-order valence-corrected chi connectivity index (χ3v) is 4.59. The van der Waals surface area contributed by atoms with Gasteiger partial charge in [-0.05, 0) is 38.0 Å². The number of nitrogens with two attached hydrogens (primary N) is 1. The van der Waals surface area contributed by atoms with Gasteiger partial charge in [-0.2, -0.15) is 0 Å². The van der Waals surface area contributed by atoms with E-state index in [0.29, 0.717) is 13.0 Å². The minimum absolute atomic E-state index is 0. The number of nitrogens with zero attached hydrogens (tertiary/aromatic N) is 1. The topological polar surface area (TPSA) is 75.4 Å². The van der Waals surface area contributed by atoms with Crippen molar-refractivity contribution in [1.29, 1.82) is 0 Å². The Hall–Kier alpha value is -2.37. The third kappa shape index (κ3) is 4.23. The number of carbonyl (C=O) groups is 2. The van der Waals surface area contributed by atoms with Gasteiger partial charge in [0, 0.05) is 12.2 Å². The van der Waals surface area contributed by atoms with Crippen LogP contribution >= 0.6 is 12.4 Å². The standard InChI is InChI=1S/C20H23N3O2.ClH/c1-13-3-7-15(8-4-13)18(21)19(24)22-17-11-12-23(20(17)25)16-9-5-14(2)6-10-16;/h3-10,17-18H,11-12,21H2,1-2H3,(H,22,24);1H. The molecular weight excluding hydrogens is 350 g/mol. The highest BCUT2D eigenvalue weighted by Gasteiger charge is 2.34. The van der Waals surface area contributed by atoms with Gasteiger partial charge < -0.3 is 16.0 Å². The number of carbonyl (C=O) groups excluding carboxylic acids is 2. The van der Waals surface area contributed by atoms with Crippen LogP contribution in [0.4, 0.5) is 5.69 Å². The second kappa shape index (κ2) is 8.34. The van der Waals surface area contributed by atoms with Crippen molar-refractivity contribution in [3.63, 3.8) is 0 Å². The first kappa shape index (κ1) is 19.9.